The summed E-state index contributed by atoms with van der Waals surface area (Å²) in [5, 5.41) is 12.1. The van der Waals surface area contributed by atoms with Crippen molar-refractivity contribution in [1.82, 2.24) is 10.3 Å². The molecule has 1 aromatic rings. The van der Waals surface area contributed by atoms with Crippen molar-refractivity contribution in [2.45, 2.75) is 26.7 Å². The standard InChI is InChI=1S/C13H19ClN2O2/c1-3-10(4-5-17)7-16-13(18)11-8-15-9(2)6-12(11)14/h6,8,10,17H,3-5,7H2,1-2H3,(H,16,18). The molecule has 0 bridgehead atoms. The Balaban J connectivity index is 2.59. The van der Waals surface area contributed by atoms with Gasteiger partial charge in [-0.15, -0.1) is 0 Å². The number of aliphatic hydroxyl groups is 1. The molecule has 0 aliphatic rings. The van der Waals surface area contributed by atoms with Crippen LogP contribution in [-0.4, -0.2) is 29.1 Å². The average Bonchev–Trinajstić information content (AvgIpc) is 2.34. The van der Waals surface area contributed by atoms with E-state index < -0.39 is 0 Å². The van der Waals surface area contributed by atoms with Crippen molar-refractivity contribution < 1.29 is 9.90 Å². The number of carbonyl (C=O) groups excluding carboxylic acids is 1. The quantitative estimate of drug-likeness (QED) is 0.833. The van der Waals surface area contributed by atoms with Crippen LogP contribution in [0.25, 0.3) is 0 Å². The molecule has 1 atom stereocenters. The molecular formula is C13H19ClN2O2. The first-order valence-corrected chi connectivity index (χ1v) is 6.47. The number of pyridine rings is 1. The Kier molecular flexibility index (Phi) is 6.09. The molecule has 1 unspecified atom stereocenters. The van der Waals surface area contributed by atoms with Crippen LogP contribution in [0.3, 0.4) is 0 Å². The Hall–Kier alpha value is -1.13. The monoisotopic (exact) mass is 270 g/mol. The van der Waals surface area contributed by atoms with E-state index in [0.717, 1.165) is 12.1 Å². The zero-order valence-electron chi connectivity index (χ0n) is 10.7. The first-order chi connectivity index (χ1) is 8.58. The highest BCUT2D eigenvalue weighted by atomic mass is 35.5. The first-order valence-electron chi connectivity index (χ1n) is 6.09. The highest BCUT2D eigenvalue weighted by molar-refractivity contribution is 6.33. The van der Waals surface area contributed by atoms with Crippen molar-refractivity contribution >= 4 is 17.5 Å². The molecule has 0 radical (unpaired) electrons. The molecule has 0 spiro atoms. The second-order valence-corrected chi connectivity index (χ2v) is 4.71. The summed E-state index contributed by atoms with van der Waals surface area (Å²) in [6.45, 7) is 4.54. The fourth-order valence-corrected chi connectivity index (χ4v) is 1.95. The molecule has 0 aliphatic heterocycles. The molecule has 1 heterocycles. The Labute approximate surface area is 112 Å². The van der Waals surface area contributed by atoms with E-state index in [9.17, 15) is 4.79 Å². The van der Waals surface area contributed by atoms with Gasteiger partial charge in [0.05, 0.1) is 10.6 Å². The van der Waals surface area contributed by atoms with Crippen molar-refractivity contribution in [3.05, 3.63) is 28.5 Å². The predicted octanol–water partition coefficient (Wildman–Crippen LogP) is 2.18. The van der Waals surface area contributed by atoms with Gasteiger partial charge in [0.25, 0.3) is 5.91 Å². The van der Waals surface area contributed by atoms with E-state index in [1.165, 1.54) is 6.20 Å². The minimum atomic E-state index is -0.219. The maximum absolute atomic E-state index is 11.9. The van der Waals surface area contributed by atoms with Crippen molar-refractivity contribution in [1.29, 1.82) is 0 Å². The fraction of sp³-hybridized carbons (Fsp3) is 0.538. The highest BCUT2D eigenvalue weighted by Crippen LogP contribution is 2.15. The third kappa shape index (κ3) is 4.27. The predicted molar refractivity (Wildman–Crippen MR) is 71.8 cm³/mol. The number of halogens is 1. The summed E-state index contributed by atoms with van der Waals surface area (Å²) in [5.41, 5.74) is 1.17. The van der Waals surface area contributed by atoms with E-state index in [1.54, 1.807) is 6.07 Å². The molecule has 0 saturated heterocycles. The van der Waals surface area contributed by atoms with E-state index >= 15 is 0 Å². The Bertz CT molecular complexity index is 410. The van der Waals surface area contributed by atoms with Gasteiger partial charge in [0.15, 0.2) is 0 Å². The van der Waals surface area contributed by atoms with Gasteiger partial charge in [0.2, 0.25) is 0 Å². The molecule has 0 aliphatic carbocycles. The molecule has 18 heavy (non-hydrogen) atoms. The molecular weight excluding hydrogens is 252 g/mol. The highest BCUT2D eigenvalue weighted by Gasteiger charge is 2.13. The largest absolute Gasteiger partial charge is 0.396 e. The Morgan fingerprint density at radius 2 is 2.33 bits per heavy atom. The lowest BCUT2D eigenvalue weighted by molar-refractivity contribution is 0.0943. The Morgan fingerprint density at radius 1 is 1.61 bits per heavy atom. The van der Waals surface area contributed by atoms with Gasteiger partial charge in [-0.25, -0.2) is 0 Å². The summed E-state index contributed by atoms with van der Waals surface area (Å²) < 4.78 is 0. The van der Waals surface area contributed by atoms with E-state index in [-0.39, 0.29) is 18.4 Å². The lowest BCUT2D eigenvalue weighted by atomic mass is 10.0. The zero-order valence-corrected chi connectivity index (χ0v) is 11.5. The van der Waals surface area contributed by atoms with Gasteiger partial charge in [-0.05, 0) is 25.3 Å². The fourth-order valence-electron chi connectivity index (χ4n) is 1.66. The molecule has 2 N–H and O–H groups in total. The minimum Gasteiger partial charge on any atom is -0.396 e. The molecule has 0 fully saturated rings. The van der Waals surface area contributed by atoms with Crippen LogP contribution in [0.1, 0.15) is 35.8 Å². The van der Waals surface area contributed by atoms with Crippen LogP contribution in [-0.2, 0) is 0 Å². The number of aliphatic hydroxyl groups excluding tert-OH is 1. The van der Waals surface area contributed by atoms with Crippen LogP contribution in [0.2, 0.25) is 5.02 Å². The SMILES string of the molecule is CCC(CCO)CNC(=O)c1cnc(C)cc1Cl. The first kappa shape index (κ1) is 14.9. The van der Waals surface area contributed by atoms with Gasteiger partial charge in [-0.1, -0.05) is 24.9 Å². The molecule has 0 aromatic carbocycles. The summed E-state index contributed by atoms with van der Waals surface area (Å²) in [5.74, 6) is 0.0695. The number of nitrogens with zero attached hydrogens (tertiary/aromatic N) is 1. The summed E-state index contributed by atoms with van der Waals surface area (Å²) in [6.07, 6.45) is 3.09. The maximum atomic E-state index is 11.9. The van der Waals surface area contributed by atoms with E-state index in [2.05, 4.69) is 10.3 Å². The average molecular weight is 271 g/mol. The smallest absolute Gasteiger partial charge is 0.254 e. The zero-order chi connectivity index (χ0) is 13.5. The van der Waals surface area contributed by atoms with Crippen molar-refractivity contribution in [2.24, 2.45) is 5.92 Å². The van der Waals surface area contributed by atoms with Crippen LogP contribution in [0.4, 0.5) is 0 Å². The molecule has 5 heteroatoms. The summed E-state index contributed by atoms with van der Waals surface area (Å²) in [4.78, 5) is 16.0. The van der Waals surface area contributed by atoms with Crippen LogP contribution < -0.4 is 5.32 Å². The maximum Gasteiger partial charge on any atom is 0.254 e. The molecule has 1 amide bonds. The van der Waals surface area contributed by atoms with Crippen molar-refractivity contribution in [3.8, 4) is 0 Å². The molecule has 100 valence electrons. The van der Waals surface area contributed by atoms with Gasteiger partial charge in [-0.2, -0.15) is 0 Å². The third-order valence-corrected chi connectivity index (χ3v) is 3.21. The number of rotatable bonds is 6. The second kappa shape index (κ2) is 7.34. The van der Waals surface area contributed by atoms with Crippen LogP contribution in [0.15, 0.2) is 12.3 Å². The summed E-state index contributed by atoms with van der Waals surface area (Å²) in [7, 11) is 0. The lowest BCUT2D eigenvalue weighted by Crippen LogP contribution is -2.29. The van der Waals surface area contributed by atoms with Crippen molar-refractivity contribution in [3.63, 3.8) is 0 Å². The molecule has 1 rings (SSSR count). The van der Waals surface area contributed by atoms with Gasteiger partial charge < -0.3 is 10.4 Å². The number of aromatic nitrogens is 1. The minimum absolute atomic E-state index is 0.140. The number of hydrogen-bond donors (Lipinski definition) is 2. The number of hydrogen-bond acceptors (Lipinski definition) is 3. The molecule has 1 aromatic heterocycles. The Morgan fingerprint density at radius 3 is 2.89 bits per heavy atom. The molecule has 0 saturated carbocycles. The summed E-state index contributed by atoms with van der Waals surface area (Å²) >= 11 is 5.99. The van der Waals surface area contributed by atoms with Crippen LogP contribution in [0, 0.1) is 12.8 Å². The van der Waals surface area contributed by atoms with E-state index in [0.29, 0.717) is 23.6 Å². The molecule has 4 nitrogen and oxygen atoms in total. The topological polar surface area (TPSA) is 62.2 Å². The van der Waals surface area contributed by atoms with E-state index in [4.69, 9.17) is 16.7 Å². The van der Waals surface area contributed by atoms with Gasteiger partial charge in [0, 0.05) is 25.0 Å². The van der Waals surface area contributed by atoms with Crippen LogP contribution in [0.5, 0.6) is 0 Å². The normalized spacial score (nSPS) is 12.2. The number of nitrogens with one attached hydrogen (secondary N) is 1. The van der Waals surface area contributed by atoms with Crippen LogP contribution >= 0.6 is 11.6 Å². The summed E-state index contributed by atoms with van der Waals surface area (Å²) in [6, 6.07) is 1.67. The number of amides is 1. The van der Waals surface area contributed by atoms with Gasteiger partial charge in [-0.3, -0.25) is 9.78 Å². The second-order valence-electron chi connectivity index (χ2n) is 4.30. The third-order valence-electron chi connectivity index (χ3n) is 2.90. The number of aryl methyl sites for hydroxylation is 1. The lowest BCUT2D eigenvalue weighted by Gasteiger charge is -2.14. The van der Waals surface area contributed by atoms with Crippen molar-refractivity contribution in [2.75, 3.05) is 13.2 Å². The van der Waals surface area contributed by atoms with E-state index in [1.807, 2.05) is 13.8 Å². The number of carbonyl (C=O) groups is 1. The van der Waals surface area contributed by atoms with Gasteiger partial charge >= 0.3 is 0 Å². The van der Waals surface area contributed by atoms with Gasteiger partial charge in [0.1, 0.15) is 0 Å².